The summed E-state index contributed by atoms with van der Waals surface area (Å²) in [7, 11) is 0. The maximum Gasteiger partial charge on any atom is 0.191 e. The highest BCUT2D eigenvalue weighted by Crippen LogP contribution is 2.28. The molecule has 0 aromatic heterocycles. The first kappa shape index (κ1) is 23.3. The number of piperidine rings is 1. The summed E-state index contributed by atoms with van der Waals surface area (Å²) in [6.07, 6.45) is 7.32. The Morgan fingerprint density at radius 2 is 1.90 bits per heavy atom. The number of rotatable bonds is 8. The highest BCUT2D eigenvalue weighted by molar-refractivity contribution is 7.99. The van der Waals surface area contributed by atoms with Crippen molar-refractivity contribution >= 4 is 23.4 Å². The van der Waals surface area contributed by atoms with Crippen molar-refractivity contribution in [2.24, 2.45) is 10.9 Å². The van der Waals surface area contributed by atoms with Crippen LogP contribution in [0.3, 0.4) is 0 Å². The average molecular weight is 433 g/mol. The summed E-state index contributed by atoms with van der Waals surface area (Å²) < 4.78 is 0. The summed E-state index contributed by atoms with van der Waals surface area (Å²) in [4.78, 5) is 7.29. The van der Waals surface area contributed by atoms with Gasteiger partial charge in [0.1, 0.15) is 0 Å². The lowest BCUT2D eigenvalue weighted by Gasteiger charge is -2.33. The quantitative estimate of drug-likeness (QED) is 0.428. The minimum Gasteiger partial charge on any atom is -0.396 e. The molecule has 1 aliphatic heterocycles. The highest BCUT2D eigenvalue weighted by Gasteiger charge is 2.22. The van der Waals surface area contributed by atoms with E-state index in [1.54, 1.807) is 0 Å². The maximum absolute atomic E-state index is 9.32. The van der Waals surface area contributed by atoms with Gasteiger partial charge in [-0.1, -0.05) is 25.5 Å². The van der Waals surface area contributed by atoms with E-state index in [-0.39, 0.29) is 0 Å². The van der Waals surface area contributed by atoms with Crippen LogP contribution in [0.15, 0.2) is 29.3 Å². The van der Waals surface area contributed by atoms with Crippen LogP contribution in [0.25, 0.3) is 0 Å². The fourth-order valence-electron chi connectivity index (χ4n) is 4.53. The van der Waals surface area contributed by atoms with E-state index in [2.05, 4.69) is 65.4 Å². The molecular formula is C24H40N4OS. The van der Waals surface area contributed by atoms with Crippen molar-refractivity contribution < 1.29 is 5.11 Å². The number of thioether (sulfide) groups is 1. The molecule has 1 aromatic rings. The molecule has 1 aromatic carbocycles. The number of nitrogens with one attached hydrogen (secondary N) is 2. The van der Waals surface area contributed by atoms with E-state index in [9.17, 15) is 5.11 Å². The maximum atomic E-state index is 9.32. The normalized spacial score (nSPS) is 23.4. The van der Waals surface area contributed by atoms with Crippen molar-refractivity contribution in [3.05, 3.63) is 29.8 Å². The number of benzene rings is 1. The van der Waals surface area contributed by atoms with Gasteiger partial charge in [-0.25, -0.2) is 4.99 Å². The molecule has 6 heteroatoms. The van der Waals surface area contributed by atoms with Crippen molar-refractivity contribution in [3.63, 3.8) is 0 Å². The van der Waals surface area contributed by atoms with Crippen molar-refractivity contribution in [1.82, 2.24) is 10.6 Å². The van der Waals surface area contributed by atoms with E-state index in [0.29, 0.717) is 25.1 Å². The van der Waals surface area contributed by atoms with Gasteiger partial charge in [0.25, 0.3) is 0 Å². The van der Waals surface area contributed by atoms with Crippen molar-refractivity contribution in [3.8, 4) is 0 Å². The average Bonchev–Trinajstić information content (AvgIpc) is 2.79. The minimum atomic E-state index is 0.325. The van der Waals surface area contributed by atoms with Crippen LogP contribution in [0.5, 0.6) is 0 Å². The van der Waals surface area contributed by atoms with Crippen LogP contribution >= 0.6 is 11.8 Å². The molecule has 2 unspecified atom stereocenters. The number of hydrogen-bond acceptors (Lipinski definition) is 4. The first-order valence-electron chi connectivity index (χ1n) is 11.8. The Hall–Kier alpha value is -1.40. The van der Waals surface area contributed by atoms with Crippen LogP contribution in [-0.2, 0) is 6.54 Å². The molecule has 2 atom stereocenters. The smallest absolute Gasteiger partial charge is 0.191 e. The van der Waals surface area contributed by atoms with E-state index in [1.807, 2.05) is 0 Å². The number of aliphatic hydroxyl groups is 1. The van der Waals surface area contributed by atoms with Crippen LogP contribution in [0.4, 0.5) is 5.69 Å². The standard InChI is InChI=1S/C24H40N4OS/c1-3-25-24(27-21-6-5-7-23(16-21)30-4-2)26-17-19-8-10-22(11-9-19)28-14-12-20(18-29)13-15-28/h8-11,20-21,23,29H,3-7,12-18H2,1-2H3,(H2,25,26,27). The summed E-state index contributed by atoms with van der Waals surface area (Å²) in [5, 5.41) is 17.2. The van der Waals surface area contributed by atoms with Gasteiger partial charge >= 0.3 is 0 Å². The molecule has 5 nitrogen and oxygen atoms in total. The van der Waals surface area contributed by atoms with E-state index >= 15 is 0 Å². The lowest BCUT2D eigenvalue weighted by atomic mass is 9.95. The second kappa shape index (κ2) is 12.5. The summed E-state index contributed by atoms with van der Waals surface area (Å²) in [6, 6.07) is 9.38. The van der Waals surface area contributed by atoms with Gasteiger partial charge in [0.15, 0.2) is 5.96 Å². The zero-order valence-corrected chi connectivity index (χ0v) is 19.6. The zero-order chi connectivity index (χ0) is 21.2. The highest BCUT2D eigenvalue weighted by atomic mass is 32.2. The number of aliphatic hydroxyl groups excluding tert-OH is 1. The van der Waals surface area contributed by atoms with E-state index in [1.165, 1.54) is 42.7 Å². The Kier molecular flexibility index (Phi) is 9.66. The van der Waals surface area contributed by atoms with Crippen molar-refractivity contribution in [2.75, 3.05) is 36.9 Å². The fourth-order valence-corrected chi connectivity index (χ4v) is 5.71. The lowest BCUT2D eigenvalue weighted by molar-refractivity contribution is 0.203. The molecule has 3 N–H and O–H groups in total. The number of aliphatic imine (C=N–C) groups is 1. The third-order valence-electron chi connectivity index (χ3n) is 6.31. The zero-order valence-electron chi connectivity index (χ0n) is 18.8. The topological polar surface area (TPSA) is 59.9 Å². The van der Waals surface area contributed by atoms with E-state index < -0.39 is 0 Å². The lowest BCUT2D eigenvalue weighted by Crippen LogP contribution is -2.45. The molecule has 168 valence electrons. The van der Waals surface area contributed by atoms with Crippen LogP contribution in [0.2, 0.25) is 0 Å². The molecule has 1 heterocycles. The Labute approximate surface area is 187 Å². The molecule has 1 saturated carbocycles. The molecule has 0 spiro atoms. The number of hydrogen-bond donors (Lipinski definition) is 3. The van der Waals surface area contributed by atoms with Crippen molar-refractivity contribution in [2.45, 2.75) is 70.2 Å². The summed E-state index contributed by atoms with van der Waals surface area (Å²) in [5.74, 6) is 2.63. The Bertz CT molecular complexity index is 641. The first-order chi connectivity index (χ1) is 14.7. The predicted molar refractivity (Wildman–Crippen MR) is 131 cm³/mol. The van der Waals surface area contributed by atoms with Gasteiger partial charge in [0, 0.05) is 43.2 Å². The van der Waals surface area contributed by atoms with E-state index in [0.717, 1.165) is 43.7 Å². The molecule has 30 heavy (non-hydrogen) atoms. The number of nitrogens with zero attached hydrogens (tertiary/aromatic N) is 2. The summed E-state index contributed by atoms with van der Waals surface area (Å²) >= 11 is 2.10. The first-order valence-corrected chi connectivity index (χ1v) is 12.9. The van der Waals surface area contributed by atoms with Crippen molar-refractivity contribution in [1.29, 1.82) is 0 Å². The predicted octanol–water partition coefficient (Wildman–Crippen LogP) is 4.01. The molecule has 1 saturated heterocycles. The molecule has 0 bridgehead atoms. The molecule has 1 aliphatic carbocycles. The van der Waals surface area contributed by atoms with Gasteiger partial charge in [-0.05, 0) is 68.4 Å². The Morgan fingerprint density at radius 3 is 2.57 bits per heavy atom. The Morgan fingerprint density at radius 1 is 1.13 bits per heavy atom. The number of anilines is 1. The molecular weight excluding hydrogens is 392 g/mol. The van der Waals surface area contributed by atoms with E-state index in [4.69, 9.17) is 4.99 Å². The Balaban J connectivity index is 1.53. The van der Waals surface area contributed by atoms with Gasteiger partial charge in [-0.15, -0.1) is 0 Å². The minimum absolute atomic E-state index is 0.325. The van der Waals surface area contributed by atoms with Gasteiger partial charge < -0.3 is 20.6 Å². The molecule has 0 amide bonds. The van der Waals surface area contributed by atoms with Crippen LogP contribution in [0, 0.1) is 5.92 Å². The third kappa shape index (κ3) is 7.09. The molecule has 2 aliphatic rings. The van der Waals surface area contributed by atoms with Gasteiger partial charge in [0.05, 0.1) is 6.54 Å². The fraction of sp³-hybridized carbons (Fsp3) is 0.708. The third-order valence-corrected chi connectivity index (χ3v) is 7.54. The van der Waals surface area contributed by atoms with Gasteiger partial charge in [0.2, 0.25) is 0 Å². The monoisotopic (exact) mass is 432 g/mol. The molecule has 2 fully saturated rings. The van der Waals surface area contributed by atoms with Gasteiger partial charge in [-0.2, -0.15) is 11.8 Å². The SMILES string of the molecule is CCNC(=NCc1ccc(N2CCC(CO)CC2)cc1)NC1CCCC(SCC)C1. The van der Waals surface area contributed by atoms with Crippen LogP contribution in [0.1, 0.15) is 57.9 Å². The van der Waals surface area contributed by atoms with Crippen LogP contribution in [-0.4, -0.2) is 54.4 Å². The largest absolute Gasteiger partial charge is 0.396 e. The summed E-state index contributed by atoms with van der Waals surface area (Å²) in [5.41, 5.74) is 2.52. The van der Waals surface area contributed by atoms with Gasteiger partial charge in [-0.3, -0.25) is 0 Å². The second-order valence-electron chi connectivity index (χ2n) is 8.56. The molecule has 3 rings (SSSR count). The summed E-state index contributed by atoms with van der Waals surface area (Å²) in [6.45, 7) is 8.37. The second-order valence-corrected chi connectivity index (χ2v) is 10.1. The van der Waals surface area contributed by atoms with Crippen LogP contribution < -0.4 is 15.5 Å². The molecule has 0 radical (unpaired) electrons. The number of guanidine groups is 1.